The maximum absolute atomic E-state index is 5.96. The Morgan fingerprint density at radius 1 is 1.30 bits per heavy atom. The predicted molar refractivity (Wildman–Crippen MR) is 43.6 cm³/mol. The molecule has 1 fully saturated rings. The van der Waals surface area contributed by atoms with Crippen LogP contribution in [0.1, 0.15) is 33.6 Å². The van der Waals surface area contributed by atoms with Gasteiger partial charge in [0.25, 0.3) is 0 Å². The molecule has 0 amide bonds. The largest absolute Gasteiger partial charge is 0.327 e. The second-order valence-electron chi connectivity index (χ2n) is 4.63. The fourth-order valence-corrected chi connectivity index (χ4v) is 2.02. The predicted octanol–water partition coefficient (Wildman–Crippen LogP) is 0.851. The first kappa shape index (κ1) is 8.02. The van der Waals surface area contributed by atoms with Crippen molar-refractivity contribution in [3.05, 3.63) is 0 Å². The second-order valence-corrected chi connectivity index (χ2v) is 4.63. The second kappa shape index (κ2) is 1.95. The summed E-state index contributed by atoms with van der Waals surface area (Å²) >= 11 is 0. The van der Waals surface area contributed by atoms with Crippen LogP contribution in [0.3, 0.4) is 0 Å². The minimum atomic E-state index is -0.0249. The van der Waals surface area contributed by atoms with Gasteiger partial charge in [-0.15, -0.1) is 0 Å². The van der Waals surface area contributed by atoms with Crippen molar-refractivity contribution in [2.45, 2.75) is 45.2 Å². The molecule has 1 aliphatic rings. The zero-order valence-electron chi connectivity index (χ0n) is 7.15. The minimum Gasteiger partial charge on any atom is -0.327 e. The van der Waals surface area contributed by atoms with Crippen molar-refractivity contribution in [3.63, 3.8) is 0 Å². The standard InChI is InChI=1S/C8H18N2/c1-7(2)5-8(3,10)4-6(7)9/h6H,4-5,9-10H2,1-3H3. The average Bonchev–Trinajstić information content (AvgIpc) is 1.73. The van der Waals surface area contributed by atoms with E-state index in [-0.39, 0.29) is 17.0 Å². The molecule has 0 radical (unpaired) electrons. The molecule has 1 aliphatic carbocycles. The molecular formula is C8H18N2. The van der Waals surface area contributed by atoms with Crippen molar-refractivity contribution in [1.29, 1.82) is 0 Å². The summed E-state index contributed by atoms with van der Waals surface area (Å²) < 4.78 is 0. The summed E-state index contributed by atoms with van der Waals surface area (Å²) in [6.45, 7) is 6.47. The van der Waals surface area contributed by atoms with Crippen molar-refractivity contribution >= 4 is 0 Å². The van der Waals surface area contributed by atoms with Gasteiger partial charge in [-0.25, -0.2) is 0 Å². The number of nitrogens with two attached hydrogens (primary N) is 2. The average molecular weight is 142 g/mol. The van der Waals surface area contributed by atoms with Crippen LogP contribution in [-0.2, 0) is 0 Å². The zero-order chi connectivity index (χ0) is 7.99. The molecule has 0 aromatic rings. The molecular weight excluding hydrogens is 124 g/mol. The third-order valence-corrected chi connectivity index (χ3v) is 2.55. The van der Waals surface area contributed by atoms with E-state index in [4.69, 9.17) is 11.5 Å². The van der Waals surface area contributed by atoms with E-state index in [1.54, 1.807) is 0 Å². The monoisotopic (exact) mass is 142 g/mol. The molecule has 2 heteroatoms. The first-order valence-electron chi connectivity index (χ1n) is 3.88. The van der Waals surface area contributed by atoms with E-state index in [2.05, 4.69) is 20.8 Å². The number of hydrogen-bond acceptors (Lipinski definition) is 2. The molecule has 2 unspecified atom stereocenters. The summed E-state index contributed by atoms with van der Waals surface area (Å²) in [5.74, 6) is 0. The molecule has 0 aliphatic heterocycles. The van der Waals surface area contributed by atoms with Crippen LogP contribution in [0.2, 0.25) is 0 Å². The Hall–Kier alpha value is -0.0800. The topological polar surface area (TPSA) is 52.0 Å². The molecule has 0 bridgehead atoms. The van der Waals surface area contributed by atoms with Crippen LogP contribution < -0.4 is 11.5 Å². The van der Waals surface area contributed by atoms with Gasteiger partial charge in [0, 0.05) is 11.6 Å². The first-order chi connectivity index (χ1) is 4.33. The quantitative estimate of drug-likeness (QED) is 0.527. The molecule has 2 nitrogen and oxygen atoms in total. The highest BCUT2D eigenvalue weighted by molar-refractivity contribution is 5.01. The lowest BCUT2D eigenvalue weighted by Gasteiger charge is -2.23. The van der Waals surface area contributed by atoms with Crippen LogP contribution in [-0.4, -0.2) is 11.6 Å². The van der Waals surface area contributed by atoms with Gasteiger partial charge in [-0.1, -0.05) is 13.8 Å². The van der Waals surface area contributed by atoms with Gasteiger partial charge in [-0.2, -0.15) is 0 Å². The lowest BCUT2D eigenvalue weighted by molar-refractivity contribution is 0.318. The Labute approximate surface area is 63.0 Å². The summed E-state index contributed by atoms with van der Waals surface area (Å²) in [4.78, 5) is 0. The molecule has 0 saturated heterocycles. The molecule has 4 N–H and O–H groups in total. The van der Waals surface area contributed by atoms with Crippen molar-refractivity contribution in [3.8, 4) is 0 Å². The summed E-state index contributed by atoms with van der Waals surface area (Å²) in [5.41, 5.74) is 12.1. The van der Waals surface area contributed by atoms with Gasteiger partial charge in [0.15, 0.2) is 0 Å². The normalized spacial score (nSPS) is 45.9. The van der Waals surface area contributed by atoms with Gasteiger partial charge in [0.1, 0.15) is 0 Å². The van der Waals surface area contributed by atoms with Gasteiger partial charge in [0.05, 0.1) is 0 Å². The highest BCUT2D eigenvalue weighted by Crippen LogP contribution is 2.40. The lowest BCUT2D eigenvalue weighted by atomic mass is 9.86. The molecule has 0 aromatic carbocycles. The van der Waals surface area contributed by atoms with Gasteiger partial charge >= 0.3 is 0 Å². The Bertz CT molecular complexity index is 138. The van der Waals surface area contributed by atoms with Crippen molar-refractivity contribution in [1.82, 2.24) is 0 Å². The smallest absolute Gasteiger partial charge is 0.0146 e. The summed E-state index contributed by atoms with van der Waals surface area (Å²) in [6, 6.07) is 0.280. The van der Waals surface area contributed by atoms with Gasteiger partial charge in [0.2, 0.25) is 0 Å². The highest BCUT2D eigenvalue weighted by Gasteiger charge is 2.42. The third-order valence-electron chi connectivity index (χ3n) is 2.55. The molecule has 0 heterocycles. The fraction of sp³-hybridized carbons (Fsp3) is 1.00. The molecule has 60 valence electrons. The van der Waals surface area contributed by atoms with E-state index in [0.29, 0.717) is 0 Å². The van der Waals surface area contributed by atoms with Crippen LogP contribution in [0.25, 0.3) is 0 Å². The first-order valence-corrected chi connectivity index (χ1v) is 3.88. The van der Waals surface area contributed by atoms with Crippen LogP contribution in [0.5, 0.6) is 0 Å². The summed E-state index contributed by atoms with van der Waals surface area (Å²) in [6.07, 6.45) is 2.00. The third kappa shape index (κ3) is 1.32. The van der Waals surface area contributed by atoms with Gasteiger partial charge in [-0.3, -0.25) is 0 Å². The van der Waals surface area contributed by atoms with E-state index < -0.39 is 0 Å². The Morgan fingerprint density at radius 3 is 1.90 bits per heavy atom. The highest BCUT2D eigenvalue weighted by atomic mass is 14.8. The lowest BCUT2D eigenvalue weighted by Crippen LogP contribution is -2.34. The van der Waals surface area contributed by atoms with Crippen LogP contribution in [0.4, 0.5) is 0 Å². The van der Waals surface area contributed by atoms with Crippen molar-refractivity contribution < 1.29 is 0 Å². The van der Waals surface area contributed by atoms with E-state index in [9.17, 15) is 0 Å². The zero-order valence-corrected chi connectivity index (χ0v) is 7.15. The molecule has 0 spiro atoms. The fourth-order valence-electron chi connectivity index (χ4n) is 2.02. The maximum atomic E-state index is 5.96. The number of hydrogen-bond donors (Lipinski definition) is 2. The van der Waals surface area contributed by atoms with Gasteiger partial charge in [-0.05, 0) is 25.2 Å². The van der Waals surface area contributed by atoms with E-state index in [1.165, 1.54) is 0 Å². The van der Waals surface area contributed by atoms with Crippen LogP contribution in [0, 0.1) is 5.41 Å². The number of rotatable bonds is 0. The molecule has 2 atom stereocenters. The Morgan fingerprint density at radius 2 is 1.80 bits per heavy atom. The molecule has 1 saturated carbocycles. The Kier molecular flexibility index (Phi) is 1.57. The minimum absolute atomic E-state index is 0.0249. The van der Waals surface area contributed by atoms with Gasteiger partial charge < -0.3 is 11.5 Å². The Balaban J connectivity index is 2.71. The molecule has 1 rings (SSSR count). The van der Waals surface area contributed by atoms with Crippen LogP contribution in [0.15, 0.2) is 0 Å². The molecule has 10 heavy (non-hydrogen) atoms. The summed E-state index contributed by atoms with van der Waals surface area (Å²) in [7, 11) is 0. The SMILES string of the molecule is CC1(N)CC(N)C(C)(C)C1. The van der Waals surface area contributed by atoms with Crippen molar-refractivity contribution in [2.75, 3.05) is 0 Å². The maximum Gasteiger partial charge on any atom is 0.0146 e. The van der Waals surface area contributed by atoms with E-state index in [0.717, 1.165) is 12.8 Å². The van der Waals surface area contributed by atoms with Crippen molar-refractivity contribution in [2.24, 2.45) is 16.9 Å². The van der Waals surface area contributed by atoms with Crippen LogP contribution >= 0.6 is 0 Å². The summed E-state index contributed by atoms with van der Waals surface area (Å²) in [5, 5.41) is 0. The molecule has 0 aromatic heterocycles. The van der Waals surface area contributed by atoms with E-state index in [1.807, 2.05) is 0 Å². The van der Waals surface area contributed by atoms with E-state index >= 15 is 0 Å².